The summed E-state index contributed by atoms with van der Waals surface area (Å²) < 4.78 is 5.91. The molecular formula is C56H99NO5. The Morgan fingerprint density at radius 1 is 0.484 bits per heavy atom. The summed E-state index contributed by atoms with van der Waals surface area (Å²) in [5.74, 6) is -0.538. The molecule has 0 saturated carbocycles. The molecule has 358 valence electrons. The number of nitrogens with one attached hydrogen (secondary N) is 1. The summed E-state index contributed by atoms with van der Waals surface area (Å²) in [6.45, 7) is 6.33. The summed E-state index contributed by atoms with van der Waals surface area (Å²) in [4.78, 5) is 26.1. The molecule has 0 aliphatic rings. The molecule has 0 aliphatic carbocycles. The number of unbranched alkanes of at least 4 members (excludes halogenated alkanes) is 22. The van der Waals surface area contributed by atoms with Crippen molar-refractivity contribution in [3.63, 3.8) is 0 Å². The molecule has 0 aliphatic heterocycles. The second-order valence-corrected chi connectivity index (χ2v) is 17.5. The molecule has 0 aromatic heterocycles. The molecule has 0 radical (unpaired) electrons. The third kappa shape index (κ3) is 43.9. The lowest BCUT2D eigenvalue weighted by atomic mass is 10.0. The number of carbonyl (C=O) groups excluding carboxylic acids is 2. The third-order valence-corrected chi connectivity index (χ3v) is 11.5. The zero-order valence-electron chi connectivity index (χ0n) is 40.7. The van der Waals surface area contributed by atoms with Gasteiger partial charge < -0.3 is 20.3 Å². The van der Waals surface area contributed by atoms with Gasteiger partial charge in [-0.3, -0.25) is 9.59 Å². The maximum Gasteiger partial charge on any atom is 0.306 e. The first-order chi connectivity index (χ1) is 30.5. The normalized spacial score (nSPS) is 13.8. The van der Waals surface area contributed by atoms with E-state index < -0.39 is 18.2 Å². The number of hydrogen-bond acceptors (Lipinski definition) is 5. The predicted octanol–water partition coefficient (Wildman–Crippen LogP) is 15.8. The lowest BCUT2D eigenvalue weighted by Gasteiger charge is -2.24. The fraction of sp³-hybridized carbons (Fsp3) is 0.750. The lowest BCUT2D eigenvalue weighted by Crippen LogP contribution is -2.46. The Kier molecular flexibility index (Phi) is 47.2. The topological polar surface area (TPSA) is 95.9 Å². The van der Waals surface area contributed by atoms with E-state index in [1.807, 2.05) is 0 Å². The van der Waals surface area contributed by atoms with Gasteiger partial charge >= 0.3 is 5.97 Å². The van der Waals surface area contributed by atoms with Crippen LogP contribution in [-0.4, -0.2) is 46.9 Å². The molecule has 3 N–H and O–H groups in total. The third-order valence-electron chi connectivity index (χ3n) is 11.5. The molecule has 0 rings (SSSR count). The van der Waals surface area contributed by atoms with Gasteiger partial charge in [-0.2, -0.15) is 0 Å². The molecule has 0 saturated heterocycles. The Labute approximate surface area is 383 Å². The van der Waals surface area contributed by atoms with Crippen molar-refractivity contribution in [2.75, 3.05) is 6.61 Å². The van der Waals surface area contributed by atoms with Crippen LogP contribution in [0.4, 0.5) is 0 Å². The van der Waals surface area contributed by atoms with E-state index in [-0.39, 0.29) is 24.9 Å². The average Bonchev–Trinajstić information content (AvgIpc) is 3.26. The van der Waals surface area contributed by atoms with Crippen LogP contribution in [0.25, 0.3) is 0 Å². The second-order valence-electron chi connectivity index (χ2n) is 17.5. The molecule has 0 bridgehead atoms. The number of amides is 1. The maximum absolute atomic E-state index is 13.2. The Hall–Kier alpha value is -2.70. The minimum atomic E-state index is -0.805. The van der Waals surface area contributed by atoms with Gasteiger partial charge in [0, 0.05) is 6.42 Å². The van der Waals surface area contributed by atoms with E-state index in [0.717, 1.165) is 89.9 Å². The second kappa shape index (κ2) is 49.3. The summed E-state index contributed by atoms with van der Waals surface area (Å²) >= 11 is 0. The van der Waals surface area contributed by atoms with Gasteiger partial charge in [0.2, 0.25) is 5.91 Å². The Morgan fingerprint density at radius 3 is 1.39 bits per heavy atom. The van der Waals surface area contributed by atoms with E-state index in [4.69, 9.17) is 4.74 Å². The Balaban J connectivity index is 4.71. The highest BCUT2D eigenvalue weighted by molar-refractivity contribution is 5.77. The molecule has 6 nitrogen and oxygen atoms in total. The first-order valence-corrected chi connectivity index (χ1v) is 26.2. The van der Waals surface area contributed by atoms with Crippen LogP contribution in [0, 0.1) is 0 Å². The van der Waals surface area contributed by atoms with Crippen molar-refractivity contribution in [1.82, 2.24) is 5.32 Å². The van der Waals surface area contributed by atoms with Gasteiger partial charge in [0.25, 0.3) is 0 Å². The largest absolute Gasteiger partial charge is 0.462 e. The highest BCUT2D eigenvalue weighted by atomic mass is 16.5. The first-order valence-electron chi connectivity index (χ1n) is 26.2. The predicted molar refractivity (Wildman–Crippen MR) is 268 cm³/mol. The number of esters is 1. The van der Waals surface area contributed by atoms with Crippen LogP contribution >= 0.6 is 0 Å². The number of allylic oxidation sites excluding steroid dienone is 12. The van der Waals surface area contributed by atoms with Crippen molar-refractivity contribution in [3.05, 3.63) is 72.9 Å². The van der Waals surface area contributed by atoms with Crippen molar-refractivity contribution in [1.29, 1.82) is 0 Å². The quantitative estimate of drug-likeness (QED) is 0.0322. The van der Waals surface area contributed by atoms with Gasteiger partial charge in [0.05, 0.1) is 25.2 Å². The molecule has 6 heteroatoms. The summed E-state index contributed by atoms with van der Waals surface area (Å²) in [7, 11) is 0. The van der Waals surface area contributed by atoms with Crippen molar-refractivity contribution in [2.45, 2.75) is 264 Å². The molecule has 0 heterocycles. The number of aliphatic hydroxyl groups is 2. The standard InChI is InChI=1S/C56H99NO5/c1-4-7-10-13-16-19-22-25-27-28-29-30-32-35-38-41-44-47-52(62-56(61)49-46-43-40-37-34-31-26-23-20-17-14-11-8-5-2)50-55(60)57-53(51-58)54(59)48-45-42-39-36-33-24-21-18-15-12-9-6-3/h8,11,16-17,19-20,25,27,29-30,35,38,52-54,58-59H,4-7,9-10,12-15,18,21-24,26,28,31-34,36-37,39-51H2,1-3H3,(H,57,60)/b11-8+,19-16-,20-17+,27-25-,30-29-,38-35-. The monoisotopic (exact) mass is 866 g/mol. The molecule has 3 unspecified atom stereocenters. The first kappa shape index (κ1) is 59.3. The van der Waals surface area contributed by atoms with Gasteiger partial charge in [-0.05, 0) is 89.9 Å². The van der Waals surface area contributed by atoms with Gasteiger partial charge in [-0.1, -0.05) is 216 Å². The van der Waals surface area contributed by atoms with E-state index in [0.29, 0.717) is 19.3 Å². The van der Waals surface area contributed by atoms with Crippen LogP contribution in [0.2, 0.25) is 0 Å². The number of hydrogen-bond donors (Lipinski definition) is 3. The minimum Gasteiger partial charge on any atom is -0.462 e. The number of ether oxygens (including phenoxy) is 1. The van der Waals surface area contributed by atoms with Crippen LogP contribution < -0.4 is 5.32 Å². The van der Waals surface area contributed by atoms with Crippen LogP contribution in [0.1, 0.15) is 245 Å². The van der Waals surface area contributed by atoms with Crippen molar-refractivity contribution < 1.29 is 24.5 Å². The molecule has 0 aromatic rings. The lowest BCUT2D eigenvalue weighted by molar-refractivity contribution is -0.151. The highest BCUT2D eigenvalue weighted by Crippen LogP contribution is 2.17. The zero-order valence-corrected chi connectivity index (χ0v) is 40.7. The molecule has 0 aromatic carbocycles. The number of rotatable bonds is 46. The zero-order chi connectivity index (χ0) is 45.2. The van der Waals surface area contributed by atoms with Crippen LogP contribution in [0.5, 0.6) is 0 Å². The van der Waals surface area contributed by atoms with Crippen molar-refractivity contribution >= 4 is 11.9 Å². The molecule has 0 spiro atoms. The average molecular weight is 866 g/mol. The Morgan fingerprint density at radius 2 is 0.887 bits per heavy atom. The molecule has 62 heavy (non-hydrogen) atoms. The fourth-order valence-corrected chi connectivity index (χ4v) is 7.57. The van der Waals surface area contributed by atoms with E-state index in [1.165, 1.54) is 109 Å². The molecule has 3 atom stereocenters. The van der Waals surface area contributed by atoms with Crippen LogP contribution in [0.15, 0.2) is 72.9 Å². The maximum atomic E-state index is 13.2. The number of aliphatic hydroxyl groups excluding tert-OH is 2. The van der Waals surface area contributed by atoms with Gasteiger partial charge in [-0.15, -0.1) is 0 Å². The van der Waals surface area contributed by atoms with E-state index in [9.17, 15) is 19.8 Å². The summed E-state index contributed by atoms with van der Waals surface area (Å²) in [6.07, 6.45) is 62.5. The smallest absolute Gasteiger partial charge is 0.306 e. The summed E-state index contributed by atoms with van der Waals surface area (Å²) in [5.41, 5.74) is 0. The SMILES string of the molecule is CC/C=C/C/C=C/CCCCCCCCCC(=O)OC(CCC/C=C\C/C=C\C/C=C\C/C=C\CCCCC)CC(=O)NC(CO)C(O)CCCCCCCCCCCCCC. The van der Waals surface area contributed by atoms with Crippen LogP contribution in [-0.2, 0) is 14.3 Å². The summed E-state index contributed by atoms with van der Waals surface area (Å²) in [6, 6.07) is -0.723. The molecule has 1 amide bonds. The van der Waals surface area contributed by atoms with E-state index in [2.05, 4.69) is 99.0 Å². The molecule has 0 fully saturated rings. The van der Waals surface area contributed by atoms with Gasteiger partial charge in [-0.25, -0.2) is 0 Å². The van der Waals surface area contributed by atoms with Gasteiger partial charge in [0.15, 0.2) is 0 Å². The highest BCUT2D eigenvalue weighted by Gasteiger charge is 2.24. The van der Waals surface area contributed by atoms with Crippen LogP contribution in [0.3, 0.4) is 0 Å². The molecular weight excluding hydrogens is 767 g/mol. The van der Waals surface area contributed by atoms with Crippen molar-refractivity contribution in [2.24, 2.45) is 0 Å². The van der Waals surface area contributed by atoms with Crippen molar-refractivity contribution in [3.8, 4) is 0 Å². The number of carbonyl (C=O) groups is 2. The Bertz CT molecular complexity index is 1150. The fourth-order valence-electron chi connectivity index (χ4n) is 7.57. The van der Waals surface area contributed by atoms with Gasteiger partial charge in [0.1, 0.15) is 6.10 Å². The van der Waals surface area contributed by atoms with E-state index in [1.54, 1.807) is 0 Å². The minimum absolute atomic E-state index is 0.0345. The summed E-state index contributed by atoms with van der Waals surface area (Å²) in [5, 5.41) is 23.7. The van der Waals surface area contributed by atoms with E-state index >= 15 is 0 Å².